The Balaban J connectivity index is 2.83. The molecule has 0 aromatic heterocycles. The smallest absolute Gasteiger partial charge is 0.139 e. The van der Waals surface area contributed by atoms with Gasteiger partial charge in [-0.25, -0.2) is 0 Å². The summed E-state index contributed by atoms with van der Waals surface area (Å²) >= 11 is 2.16. The average Bonchev–Trinajstić information content (AvgIpc) is 2.06. The molecule has 3 heteroatoms. The third-order valence-corrected chi connectivity index (χ3v) is 1.71. The summed E-state index contributed by atoms with van der Waals surface area (Å²) in [4.78, 5) is 0. The molecule has 0 spiro atoms. The van der Waals surface area contributed by atoms with E-state index >= 15 is 0 Å². The minimum absolute atomic E-state index is 0.535. The van der Waals surface area contributed by atoms with Crippen LogP contribution in [0.4, 0.5) is 0 Å². The molecule has 0 saturated carbocycles. The third kappa shape index (κ3) is 2.34. The molecule has 0 atom stereocenters. The summed E-state index contributed by atoms with van der Waals surface area (Å²) in [7, 11) is 0. The van der Waals surface area contributed by atoms with Gasteiger partial charge in [0.1, 0.15) is 10.4 Å². The average molecular weight is 263 g/mol. The number of hydrogen-bond donors (Lipinski definition) is 1. The molecular weight excluding hydrogens is 253 g/mol. The van der Waals surface area contributed by atoms with Crippen molar-refractivity contribution in [1.82, 2.24) is 0 Å². The molecule has 0 heterocycles. The first-order chi connectivity index (χ1) is 5.38. The molecule has 0 unspecified atom stereocenters. The van der Waals surface area contributed by atoms with Crippen LogP contribution in [0.5, 0.6) is 5.75 Å². The van der Waals surface area contributed by atoms with Gasteiger partial charge in [-0.1, -0.05) is 18.2 Å². The predicted octanol–water partition coefficient (Wildman–Crippen LogP) is 1.92. The van der Waals surface area contributed by atoms with Gasteiger partial charge in [-0.2, -0.15) is 0 Å². The topological polar surface area (TPSA) is 35.2 Å². The van der Waals surface area contributed by atoms with Crippen LogP contribution in [0.1, 0.15) is 5.56 Å². The number of alkyl halides is 1. The lowest BCUT2D eigenvalue weighted by atomic mass is 10.2. The summed E-state index contributed by atoms with van der Waals surface area (Å²) < 4.78 is 6.00. The van der Waals surface area contributed by atoms with Crippen molar-refractivity contribution in [3.05, 3.63) is 29.8 Å². The second-order valence-electron chi connectivity index (χ2n) is 2.07. The SMILES string of the molecule is NCc1ccccc1OCI. The fraction of sp³-hybridized carbons (Fsp3) is 0.250. The molecule has 2 nitrogen and oxygen atoms in total. The molecule has 1 aromatic carbocycles. The Morgan fingerprint density at radius 1 is 1.36 bits per heavy atom. The van der Waals surface area contributed by atoms with E-state index in [0.717, 1.165) is 11.3 Å². The Kier molecular flexibility index (Phi) is 3.65. The summed E-state index contributed by atoms with van der Waals surface area (Å²) in [5.41, 5.74) is 6.56. The Hall–Kier alpha value is -0.290. The second kappa shape index (κ2) is 4.56. The van der Waals surface area contributed by atoms with Crippen LogP contribution in [0.2, 0.25) is 0 Å². The number of hydrogen-bond acceptors (Lipinski definition) is 2. The molecular formula is C8H10INO. The Morgan fingerprint density at radius 2 is 2.09 bits per heavy atom. The van der Waals surface area contributed by atoms with E-state index in [9.17, 15) is 0 Å². The van der Waals surface area contributed by atoms with Crippen molar-refractivity contribution in [2.45, 2.75) is 6.54 Å². The molecule has 0 amide bonds. The molecule has 0 saturated heterocycles. The fourth-order valence-electron chi connectivity index (χ4n) is 0.872. The number of halogens is 1. The van der Waals surface area contributed by atoms with Crippen LogP contribution in [0, 0.1) is 0 Å². The van der Waals surface area contributed by atoms with Crippen LogP contribution >= 0.6 is 22.6 Å². The van der Waals surface area contributed by atoms with E-state index in [1.54, 1.807) is 0 Å². The second-order valence-corrected chi connectivity index (χ2v) is 2.69. The lowest BCUT2D eigenvalue weighted by Gasteiger charge is -2.06. The Labute approximate surface area is 79.9 Å². The number of benzene rings is 1. The molecule has 0 fully saturated rings. The standard InChI is InChI=1S/C8H10INO/c9-6-11-8-4-2-1-3-7(8)5-10/h1-4H,5-6,10H2. The third-order valence-electron chi connectivity index (χ3n) is 1.40. The number of rotatable bonds is 3. The summed E-state index contributed by atoms with van der Waals surface area (Å²) in [5.74, 6) is 0.893. The number of para-hydroxylation sites is 1. The van der Waals surface area contributed by atoms with E-state index < -0.39 is 0 Å². The highest BCUT2D eigenvalue weighted by atomic mass is 127. The van der Waals surface area contributed by atoms with E-state index in [1.165, 1.54) is 0 Å². The van der Waals surface area contributed by atoms with Gasteiger partial charge < -0.3 is 10.5 Å². The summed E-state index contributed by atoms with van der Waals surface area (Å²) in [6.07, 6.45) is 0. The molecule has 0 aliphatic carbocycles. The van der Waals surface area contributed by atoms with Gasteiger partial charge in [0.2, 0.25) is 0 Å². The summed E-state index contributed by atoms with van der Waals surface area (Å²) in [6, 6.07) is 7.81. The molecule has 0 radical (unpaired) electrons. The molecule has 0 aliphatic rings. The van der Waals surface area contributed by atoms with Gasteiger partial charge in [0, 0.05) is 12.1 Å². The van der Waals surface area contributed by atoms with Crippen molar-refractivity contribution in [2.75, 3.05) is 4.61 Å². The maximum atomic E-state index is 5.50. The highest BCUT2D eigenvalue weighted by Crippen LogP contribution is 2.17. The molecule has 60 valence electrons. The zero-order valence-electron chi connectivity index (χ0n) is 6.09. The molecule has 0 aliphatic heterocycles. The Bertz CT molecular complexity index is 227. The van der Waals surface area contributed by atoms with Crippen LogP contribution < -0.4 is 10.5 Å². The van der Waals surface area contributed by atoms with Gasteiger partial charge in [0.25, 0.3) is 0 Å². The van der Waals surface area contributed by atoms with Gasteiger partial charge >= 0.3 is 0 Å². The molecule has 2 N–H and O–H groups in total. The van der Waals surface area contributed by atoms with Crippen molar-refractivity contribution in [2.24, 2.45) is 5.73 Å². The zero-order chi connectivity index (χ0) is 8.10. The highest BCUT2D eigenvalue weighted by molar-refractivity contribution is 14.1. The van der Waals surface area contributed by atoms with Gasteiger partial charge in [-0.3, -0.25) is 0 Å². The molecule has 1 rings (SSSR count). The monoisotopic (exact) mass is 263 g/mol. The quantitative estimate of drug-likeness (QED) is 0.668. The summed E-state index contributed by atoms with van der Waals surface area (Å²) in [5, 5.41) is 0. The highest BCUT2D eigenvalue weighted by Gasteiger charge is 1.97. The fourth-order valence-corrected chi connectivity index (χ4v) is 1.21. The lowest BCUT2D eigenvalue weighted by molar-refractivity contribution is 0.399. The summed E-state index contributed by atoms with van der Waals surface area (Å²) in [6.45, 7) is 0.535. The van der Waals surface area contributed by atoms with E-state index in [1.807, 2.05) is 24.3 Å². The van der Waals surface area contributed by atoms with Crippen molar-refractivity contribution in [3.63, 3.8) is 0 Å². The van der Waals surface area contributed by atoms with E-state index in [4.69, 9.17) is 10.5 Å². The van der Waals surface area contributed by atoms with Crippen LogP contribution in [0.25, 0.3) is 0 Å². The molecule has 1 aromatic rings. The van der Waals surface area contributed by atoms with Gasteiger partial charge in [-0.15, -0.1) is 0 Å². The van der Waals surface area contributed by atoms with Crippen molar-refractivity contribution < 1.29 is 4.74 Å². The minimum Gasteiger partial charge on any atom is -0.483 e. The van der Waals surface area contributed by atoms with Crippen LogP contribution in [-0.2, 0) is 6.54 Å². The van der Waals surface area contributed by atoms with E-state index in [0.29, 0.717) is 11.2 Å². The van der Waals surface area contributed by atoms with Crippen molar-refractivity contribution in [1.29, 1.82) is 0 Å². The van der Waals surface area contributed by atoms with Crippen LogP contribution in [0.3, 0.4) is 0 Å². The maximum Gasteiger partial charge on any atom is 0.139 e. The van der Waals surface area contributed by atoms with E-state index in [-0.39, 0.29) is 0 Å². The van der Waals surface area contributed by atoms with Crippen molar-refractivity contribution >= 4 is 22.6 Å². The zero-order valence-corrected chi connectivity index (χ0v) is 8.24. The first-order valence-corrected chi connectivity index (χ1v) is 4.87. The predicted molar refractivity (Wildman–Crippen MR) is 53.8 cm³/mol. The lowest BCUT2D eigenvalue weighted by Crippen LogP contribution is -2.00. The van der Waals surface area contributed by atoms with Crippen LogP contribution in [0.15, 0.2) is 24.3 Å². The minimum atomic E-state index is 0.535. The van der Waals surface area contributed by atoms with Gasteiger partial charge in [0.05, 0.1) is 0 Å². The first kappa shape index (κ1) is 8.80. The largest absolute Gasteiger partial charge is 0.483 e. The van der Waals surface area contributed by atoms with Gasteiger partial charge in [-0.05, 0) is 28.7 Å². The maximum absolute atomic E-state index is 5.50. The van der Waals surface area contributed by atoms with Gasteiger partial charge in [0.15, 0.2) is 0 Å². The van der Waals surface area contributed by atoms with Crippen LogP contribution in [-0.4, -0.2) is 4.61 Å². The van der Waals surface area contributed by atoms with E-state index in [2.05, 4.69) is 22.6 Å². The number of ether oxygens (including phenoxy) is 1. The normalized spacial score (nSPS) is 9.64. The Morgan fingerprint density at radius 3 is 2.73 bits per heavy atom. The molecule has 0 bridgehead atoms. The molecule has 11 heavy (non-hydrogen) atoms. The van der Waals surface area contributed by atoms with Crippen molar-refractivity contribution in [3.8, 4) is 5.75 Å². The number of nitrogens with two attached hydrogens (primary N) is 1. The first-order valence-electron chi connectivity index (χ1n) is 3.35.